The van der Waals surface area contributed by atoms with Crippen LogP contribution in [0, 0.1) is 11.7 Å². The molecule has 0 spiro atoms. The molecule has 0 radical (unpaired) electrons. The third kappa shape index (κ3) is 4.25. The highest BCUT2D eigenvalue weighted by Crippen LogP contribution is 2.25. The smallest absolute Gasteiger partial charge is 0.133 e. The SMILES string of the molecule is Fc1ccc(OCCNCC2CCCC2)c(Br)c1. The summed E-state index contributed by atoms with van der Waals surface area (Å²) < 4.78 is 19.1. The van der Waals surface area contributed by atoms with E-state index < -0.39 is 0 Å². The first-order chi connectivity index (χ1) is 8.75. The van der Waals surface area contributed by atoms with E-state index in [1.165, 1.54) is 37.8 Å². The molecule has 1 aliphatic carbocycles. The Morgan fingerprint density at radius 2 is 2.11 bits per heavy atom. The van der Waals surface area contributed by atoms with Crippen LogP contribution in [0.3, 0.4) is 0 Å². The minimum absolute atomic E-state index is 0.256. The van der Waals surface area contributed by atoms with Crippen LogP contribution in [-0.2, 0) is 0 Å². The van der Waals surface area contributed by atoms with Gasteiger partial charge >= 0.3 is 0 Å². The van der Waals surface area contributed by atoms with E-state index in [1.54, 1.807) is 6.07 Å². The quantitative estimate of drug-likeness (QED) is 0.807. The molecule has 0 aromatic heterocycles. The molecule has 0 amide bonds. The molecule has 0 atom stereocenters. The van der Waals surface area contributed by atoms with Crippen LogP contribution < -0.4 is 10.1 Å². The molecule has 2 rings (SSSR count). The van der Waals surface area contributed by atoms with Gasteiger partial charge in [-0.1, -0.05) is 12.8 Å². The summed E-state index contributed by atoms with van der Waals surface area (Å²) >= 11 is 3.28. The van der Waals surface area contributed by atoms with Crippen LogP contribution in [0.1, 0.15) is 25.7 Å². The Bertz CT molecular complexity index is 380. The Balaban J connectivity index is 1.62. The summed E-state index contributed by atoms with van der Waals surface area (Å²) in [6.45, 7) is 2.53. The molecule has 100 valence electrons. The number of nitrogens with one attached hydrogen (secondary N) is 1. The van der Waals surface area contributed by atoms with Crippen molar-refractivity contribution in [2.75, 3.05) is 19.7 Å². The lowest BCUT2D eigenvalue weighted by Crippen LogP contribution is -2.26. The molecule has 1 aromatic rings. The minimum atomic E-state index is -0.256. The first-order valence-corrected chi connectivity index (χ1v) is 7.33. The number of rotatable bonds is 6. The molecule has 0 heterocycles. The Kier molecular flexibility index (Phi) is 5.45. The molecular formula is C14H19BrFNO. The van der Waals surface area contributed by atoms with E-state index >= 15 is 0 Å². The van der Waals surface area contributed by atoms with Gasteiger partial charge in [0.2, 0.25) is 0 Å². The molecule has 18 heavy (non-hydrogen) atoms. The summed E-state index contributed by atoms with van der Waals surface area (Å²) in [5.41, 5.74) is 0. The van der Waals surface area contributed by atoms with Gasteiger partial charge in [-0.3, -0.25) is 0 Å². The summed E-state index contributed by atoms with van der Waals surface area (Å²) in [6, 6.07) is 4.48. The number of ether oxygens (including phenoxy) is 1. The van der Waals surface area contributed by atoms with Gasteiger partial charge < -0.3 is 10.1 Å². The molecule has 0 aliphatic heterocycles. The average Bonchev–Trinajstić information content (AvgIpc) is 2.84. The highest BCUT2D eigenvalue weighted by Gasteiger charge is 2.13. The average molecular weight is 316 g/mol. The van der Waals surface area contributed by atoms with E-state index in [0.29, 0.717) is 16.8 Å². The van der Waals surface area contributed by atoms with Crippen molar-refractivity contribution in [3.05, 3.63) is 28.5 Å². The largest absolute Gasteiger partial charge is 0.491 e. The number of hydrogen-bond donors (Lipinski definition) is 1. The van der Waals surface area contributed by atoms with Gasteiger partial charge in [-0.25, -0.2) is 4.39 Å². The van der Waals surface area contributed by atoms with Crippen LogP contribution >= 0.6 is 15.9 Å². The van der Waals surface area contributed by atoms with Crippen LogP contribution in [0.4, 0.5) is 4.39 Å². The molecule has 0 bridgehead atoms. The molecular weight excluding hydrogens is 297 g/mol. The zero-order chi connectivity index (χ0) is 12.8. The van der Waals surface area contributed by atoms with E-state index in [1.807, 2.05) is 0 Å². The van der Waals surface area contributed by atoms with Gasteiger partial charge in [0.15, 0.2) is 0 Å². The van der Waals surface area contributed by atoms with Crippen LogP contribution in [0.15, 0.2) is 22.7 Å². The summed E-state index contributed by atoms with van der Waals surface area (Å²) in [7, 11) is 0. The Morgan fingerprint density at radius 3 is 2.83 bits per heavy atom. The molecule has 1 aromatic carbocycles. The fourth-order valence-electron chi connectivity index (χ4n) is 2.35. The molecule has 0 unspecified atom stereocenters. The Morgan fingerprint density at radius 1 is 1.33 bits per heavy atom. The fraction of sp³-hybridized carbons (Fsp3) is 0.571. The molecule has 2 nitrogen and oxygen atoms in total. The van der Waals surface area contributed by atoms with Crippen molar-refractivity contribution in [3.8, 4) is 5.75 Å². The normalized spacial score (nSPS) is 16.1. The Labute approximate surface area is 116 Å². The van der Waals surface area contributed by atoms with Crippen molar-refractivity contribution in [1.29, 1.82) is 0 Å². The van der Waals surface area contributed by atoms with Gasteiger partial charge in [-0.2, -0.15) is 0 Å². The zero-order valence-electron chi connectivity index (χ0n) is 10.4. The van der Waals surface area contributed by atoms with Gasteiger partial charge in [0.25, 0.3) is 0 Å². The minimum Gasteiger partial charge on any atom is -0.491 e. The number of hydrogen-bond acceptors (Lipinski definition) is 2. The number of halogens is 2. The first-order valence-electron chi connectivity index (χ1n) is 6.54. The lowest BCUT2D eigenvalue weighted by Gasteiger charge is -2.12. The Hall–Kier alpha value is -0.610. The standard InChI is InChI=1S/C14H19BrFNO/c15-13-9-12(16)5-6-14(13)18-8-7-17-10-11-3-1-2-4-11/h5-6,9,11,17H,1-4,7-8,10H2. The van der Waals surface area contributed by atoms with Gasteiger partial charge in [-0.15, -0.1) is 0 Å². The lowest BCUT2D eigenvalue weighted by molar-refractivity contribution is 0.306. The summed E-state index contributed by atoms with van der Waals surface area (Å²) in [6.07, 6.45) is 5.48. The lowest BCUT2D eigenvalue weighted by atomic mass is 10.1. The van der Waals surface area contributed by atoms with Crippen molar-refractivity contribution < 1.29 is 9.13 Å². The van der Waals surface area contributed by atoms with Crippen LogP contribution in [0.5, 0.6) is 5.75 Å². The monoisotopic (exact) mass is 315 g/mol. The van der Waals surface area contributed by atoms with Crippen LogP contribution in [0.2, 0.25) is 0 Å². The second-order valence-electron chi connectivity index (χ2n) is 4.78. The van der Waals surface area contributed by atoms with Crippen molar-refractivity contribution in [2.24, 2.45) is 5.92 Å². The van der Waals surface area contributed by atoms with Crippen molar-refractivity contribution >= 4 is 15.9 Å². The highest BCUT2D eigenvalue weighted by atomic mass is 79.9. The van der Waals surface area contributed by atoms with E-state index in [9.17, 15) is 4.39 Å². The zero-order valence-corrected chi connectivity index (χ0v) is 12.0. The van der Waals surface area contributed by atoms with E-state index in [4.69, 9.17) is 4.74 Å². The van der Waals surface area contributed by atoms with Gasteiger partial charge in [0, 0.05) is 6.54 Å². The maximum absolute atomic E-state index is 12.9. The molecule has 1 aliphatic rings. The van der Waals surface area contributed by atoms with Crippen LogP contribution in [-0.4, -0.2) is 19.7 Å². The molecule has 1 saturated carbocycles. The van der Waals surface area contributed by atoms with Gasteiger partial charge in [-0.05, 0) is 59.4 Å². The molecule has 0 saturated heterocycles. The molecule has 4 heteroatoms. The summed E-state index contributed by atoms with van der Waals surface area (Å²) in [4.78, 5) is 0. The predicted molar refractivity (Wildman–Crippen MR) is 74.4 cm³/mol. The fourth-order valence-corrected chi connectivity index (χ4v) is 2.81. The van der Waals surface area contributed by atoms with E-state index in [-0.39, 0.29) is 5.82 Å². The summed E-state index contributed by atoms with van der Waals surface area (Å²) in [5.74, 6) is 1.29. The maximum Gasteiger partial charge on any atom is 0.133 e. The molecule has 1 fully saturated rings. The van der Waals surface area contributed by atoms with E-state index in [0.717, 1.165) is 19.0 Å². The van der Waals surface area contributed by atoms with E-state index in [2.05, 4.69) is 21.2 Å². The summed E-state index contributed by atoms with van der Waals surface area (Å²) in [5, 5.41) is 3.41. The molecule has 1 N–H and O–H groups in total. The number of benzene rings is 1. The van der Waals surface area contributed by atoms with Crippen molar-refractivity contribution in [2.45, 2.75) is 25.7 Å². The predicted octanol–water partition coefficient (Wildman–Crippen LogP) is 3.75. The van der Waals surface area contributed by atoms with Crippen molar-refractivity contribution in [1.82, 2.24) is 5.32 Å². The maximum atomic E-state index is 12.9. The van der Waals surface area contributed by atoms with Gasteiger partial charge in [0.05, 0.1) is 4.47 Å². The third-order valence-electron chi connectivity index (χ3n) is 3.34. The third-order valence-corrected chi connectivity index (χ3v) is 3.96. The van der Waals surface area contributed by atoms with Crippen molar-refractivity contribution in [3.63, 3.8) is 0 Å². The topological polar surface area (TPSA) is 21.3 Å². The van der Waals surface area contributed by atoms with Crippen LogP contribution in [0.25, 0.3) is 0 Å². The second-order valence-corrected chi connectivity index (χ2v) is 5.63. The van der Waals surface area contributed by atoms with Gasteiger partial charge in [0.1, 0.15) is 18.2 Å². The second kappa shape index (κ2) is 7.10. The highest BCUT2D eigenvalue weighted by molar-refractivity contribution is 9.10. The first kappa shape index (κ1) is 13.8.